The normalized spacial score (nSPS) is 15.4. The average molecular weight is 797 g/mol. The molecule has 0 aliphatic carbocycles. The molecule has 302 valence electrons. The van der Waals surface area contributed by atoms with Gasteiger partial charge in [-0.2, -0.15) is 0 Å². The van der Waals surface area contributed by atoms with Crippen LogP contribution in [0, 0.1) is 0 Å². The van der Waals surface area contributed by atoms with Crippen LogP contribution in [0.15, 0.2) is 78.9 Å². The molecule has 0 aliphatic rings. The molecular weight excluding hydrogens is 725 g/mol. The van der Waals surface area contributed by atoms with Gasteiger partial charge in [0, 0.05) is 0 Å². The third-order valence-electron chi connectivity index (χ3n) is 12.3. The molecule has 54 heavy (non-hydrogen) atoms. The van der Waals surface area contributed by atoms with Gasteiger partial charge >= 0.3 is 0 Å². The zero-order chi connectivity index (χ0) is 41.0. The predicted molar refractivity (Wildman–Crippen MR) is 232 cm³/mol. The van der Waals surface area contributed by atoms with Crippen molar-refractivity contribution < 1.29 is 32.6 Å². The Balaban J connectivity index is 2.27. The summed E-state index contributed by atoms with van der Waals surface area (Å²) in [4.78, 5) is 0. The van der Waals surface area contributed by atoms with Crippen LogP contribution in [-0.2, 0) is 23.6 Å². The van der Waals surface area contributed by atoms with E-state index in [4.69, 9.17) is 27.5 Å². The third-order valence-corrected chi connectivity index (χ3v) is 25.8. The van der Waals surface area contributed by atoms with Gasteiger partial charge < -0.3 is 32.6 Å². The Morgan fingerprint density at radius 2 is 0.852 bits per heavy atom. The molecule has 3 aromatic carbocycles. The highest BCUT2D eigenvalue weighted by atomic mass is 28.4. The van der Waals surface area contributed by atoms with Gasteiger partial charge in [0.1, 0.15) is 23.2 Å². The van der Waals surface area contributed by atoms with Crippen LogP contribution < -0.4 is 9.47 Å². The van der Waals surface area contributed by atoms with E-state index in [9.17, 15) is 5.11 Å². The lowest BCUT2D eigenvalue weighted by atomic mass is 9.80. The van der Waals surface area contributed by atoms with Gasteiger partial charge in [0.2, 0.25) is 0 Å². The smallest absolute Gasteiger partial charge is 0.192 e. The van der Waals surface area contributed by atoms with Crippen molar-refractivity contribution >= 4 is 25.0 Å². The van der Waals surface area contributed by atoms with Gasteiger partial charge in [-0.25, -0.2) is 0 Å². The molecule has 0 aliphatic heterocycles. The minimum absolute atomic E-state index is 0.00829. The van der Waals surface area contributed by atoms with Crippen molar-refractivity contribution in [2.75, 3.05) is 27.4 Å². The summed E-state index contributed by atoms with van der Waals surface area (Å²) in [6, 6.07) is 26.3. The van der Waals surface area contributed by atoms with Gasteiger partial charge in [-0.15, -0.1) is 0 Å². The van der Waals surface area contributed by atoms with Gasteiger partial charge in [0.25, 0.3) is 0 Å². The van der Waals surface area contributed by atoms with Crippen molar-refractivity contribution in [3.8, 4) is 11.5 Å². The molecule has 0 saturated carbocycles. The monoisotopic (exact) mass is 796 g/mol. The van der Waals surface area contributed by atoms with Crippen molar-refractivity contribution in [1.29, 1.82) is 0 Å². The number of hydrogen-bond donors (Lipinski definition) is 1. The van der Waals surface area contributed by atoms with Crippen LogP contribution in [-0.4, -0.2) is 75.8 Å². The number of aliphatic hydroxyl groups is 1. The number of hydrogen-bond acceptors (Lipinski definition) is 7. The van der Waals surface area contributed by atoms with Gasteiger partial charge in [-0.1, -0.05) is 117 Å². The summed E-state index contributed by atoms with van der Waals surface area (Å²) in [5.74, 6) is 1.50. The molecule has 0 aromatic heterocycles. The largest absolute Gasteiger partial charge is 0.497 e. The van der Waals surface area contributed by atoms with E-state index in [1.54, 1.807) is 14.2 Å². The second-order valence-corrected chi connectivity index (χ2v) is 33.5. The zero-order valence-corrected chi connectivity index (χ0v) is 39.5. The molecule has 3 rings (SSSR count). The molecule has 0 fully saturated rings. The Morgan fingerprint density at radius 3 is 1.20 bits per heavy atom. The maximum atomic E-state index is 12.8. The fraction of sp³-hybridized carbons (Fsp3) is 0.591. The molecular formula is C44H72O7Si3. The van der Waals surface area contributed by atoms with E-state index in [-0.39, 0.29) is 28.3 Å². The molecule has 1 N–H and O–H groups in total. The molecule has 3 atom stereocenters. The Hall–Kier alpha value is -2.29. The Labute approximate surface area is 331 Å². The quantitative estimate of drug-likeness (QED) is 0.108. The van der Waals surface area contributed by atoms with E-state index in [0.29, 0.717) is 0 Å². The first kappa shape index (κ1) is 46.1. The molecule has 0 bridgehead atoms. The van der Waals surface area contributed by atoms with E-state index < -0.39 is 48.9 Å². The lowest BCUT2D eigenvalue weighted by Gasteiger charge is -2.46. The van der Waals surface area contributed by atoms with E-state index in [1.165, 1.54) is 0 Å². The lowest BCUT2D eigenvalue weighted by Crippen LogP contribution is -2.57. The van der Waals surface area contributed by atoms with E-state index in [2.05, 4.69) is 114 Å². The SMILES string of the molecule is COc1ccc(C(OC[C@@H](O[Si](C)(C)C(C)(C)C)[C@@H](O)[C@H](CO[Si](C)(C)C(C)(C)C)O[Si](C)(C)C(C)(C)C)(c2ccccc2)c2ccc(OC)cc2)cc1. The highest BCUT2D eigenvalue weighted by molar-refractivity contribution is 6.75. The molecule has 0 unspecified atom stereocenters. The standard InChI is InChI=1S/C44H72O7Si3/c1-41(2,3)52(12,13)49-32-39(51-54(16,17)43(7,8)9)40(45)38(50-53(14,15)42(4,5)6)31-48-44(33-21-19-18-20-22-33,34-23-27-36(46-10)28-24-34)35-25-29-37(47-11)30-26-35/h18-30,38-40,45H,31-32H2,1-17H3/t38-,39+,40-/m1/s1. The predicted octanol–water partition coefficient (Wildman–Crippen LogP) is 11.2. The second kappa shape index (κ2) is 17.5. The zero-order valence-electron chi connectivity index (χ0n) is 36.5. The molecule has 7 nitrogen and oxygen atoms in total. The maximum absolute atomic E-state index is 12.8. The summed E-state index contributed by atoms with van der Waals surface area (Å²) in [5, 5.41) is 12.6. The molecule has 0 amide bonds. The first-order chi connectivity index (χ1) is 24.7. The van der Waals surface area contributed by atoms with Gasteiger partial charge in [0.15, 0.2) is 25.0 Å². The number of aliphatic hydroxyl groups excluding tert-OH is 1. The first-order valence-corrected chi connectivity index (χ1v) is 28.1. The molecule has 0 heterocycles. The summed E-state index contributed by atoms with van der Waals surface area (Å²) in [7, 11) is -3.72. The Kier molecular flexibility index (Phi) is 14.9. The highest BCUT2D eigenvalue weighted by Gasteiger charge is 2.48. The van der Waals surface area contributed by atoms with Crippen LogP contribution in [0.1, 0.15) is 79.0 Å². The van der Waals surface area contributed by atoms with Gasteiger partial charge in [-0.05, 0) is 95.4 Å². The number of ether oxygens (including phenoxy) is 3. The fourth-order valence-electron chi connectivity index (χ4n) is 5.54. The summed E-state index contributed by atoms with van der Waals surface area (Å²) < 4.78 is 39.8. The van der Waals surface area contributed by atoms with Crippen LogP contribution >= 0.6 is 0 Å². The summed E-state index contributed by atoms with van der Waals surface area (Å²) in [5.41, 5.74) is 1.68. The molecule has 3 aromatic rings. The highest BCUT2D eigenvalue weighted by Crippen LogP contribution is 2.44. The minimum atomic E-state index is -2.47. The molecule has 0 saturated heterocycles. The second-order valence-electron chi connectivity index (χ2n) is 19.2. The van der Waals surface area contributed by atoms with E-state index >= 15 is 0 Å². The van der Waals surface area contributed by atoms with Crippen molar-refractivity contribution in [2.45, 2.75) is 141 Å². The van der Waals surface area contributed by atoms with Crippen molar-refractivity contribution in [2.24, 2.45) is 0 Å². The summed E-state index contributed by atoms with van der Waals surface area (Å²) >= 11 is 0. The van der Waals surface area contributed by atoms with Crippen molar-refractivity contribution in [3.05, 3.63) is 95.6 Å². The Morgan fingerprint density at radius 1 is 0.500 bits per heavy atom. The van der Waals surface area contributed by atoms with Crippen molar-refractivity contribution in [1.82, 2.24) is 0 Å². The Bertz CT molecular complexity index is 1540. The van der Waals surface area contributed by atoms with Crippen LogP contribution in [0.2, 0.25) is 54.4 Å². The van der Waals surface area contributed by atoms with Crippen LogP contribution in [0.3, 0.4) is 0 Å². The molecule has 0 radical (unpaired) electrons. The van der Waals surface area contributed by atoms with E-state index in [1.807, 2.05) is 66.7 Å². The van der Waals surface area contributed by atoms with Gasteiger partial charge in [0.05, 0.1) is 39.6 Å². The molecule has 0 spiro atoms. The van der Waals surface area contributed by atoms with Crippen LogP contribution in [0.25, 0.3) is 0 Å². The van der Waals surface area contributed by atoms with Gasteiger partial charge in [-0.3, -0.25) is 0 Å². The lowest BCUT2D eigenvalue weighted by molar-refractivity contribution is -0.108. The van der Waals surface area contributed by atoms with Crippen LogP contribution in [0.5, 0.6) is 11.5 Å². The van der Waals surface area contributed by atoms with Crippen molar-refractivity contribution in [3.63, 3.8) is 0 Å². The minimum Gasteiger partial charge on any atom is -0.497 e. The number of rotatable bonds is 17. The average Bonchev–Trinajstić information content (AvgIpc) is 3.08. The summed E-state index contributed by atoms with van der Waals surface area (Å²) in [6.07, 6.45) is -2.41. The van der Waals surface area contributed by atoms with Crippen LogP contribution in [0.4, 0.5) is 0 Å². The maximum Gasteiger partial charge on any atom is 0.192 e. The first-order valence-electron chi connectivity index (χ1n) is 19.4. The fourth-order valence-corrected chi connectivity index (χ4v) is 9.19. The molecule has 10 heteroatoms. The number of methoxy groups -OCH3 is 2. The summed E-state index contributed by atoms with van der Waals surface area (Å²) in [6.45, 7) is 33.8. The third kappa shape index (κ3) is 10.8. The topological polar surface area (TPSA) is 75.6 Å². The van der Waals surface area contributed by atoms with E-state index in [0.717, 1.165) is 28.2 Å². The number of benzene rings is 3.